The Labute approximate surface area is 115 Å². The quantitative estimate of drug-likeness (QED) is 0.817. The zero-order valence-electron chi connectivity index (χ0n) is 12.0. The SMILES string of the molecule is Cc1cn(CCc2ccc3c(c2)CCO3)c(C)c1C. The molecule has 1 aliphatic rings. The first-order valence-corrected chi connectivity index (χ1v) is 7.02. The van der Waals surface area contributed by atoms with Gasteiger partial charge in [0.2, 0.25) is 0 Å². The summed E-state index contributed by atoms with van der Waals surface area (Å²) in [4.78, 5) is 0. The molecule has 0 aliphatic carbocycles. The minimum absolute atomic E-state index is 0.841. The topological polar surface area (TPSA) is 14.2 Å². The Balaban J connectivity index is 1.74. The van der Waals surface area contributed by atoms with Gasteiger partial charge in [-0.05, 0) is 55.5 Å². The van der Waals surface area contributed by atoms with E-state index in [0.717, 1.165) is 31.7 Å². The zero-order valence-corrected chi connectivity index (χ0v) is 12.0. The van der Waals surface area contributed by atoms with Crippen molar-refractivity contribution in [1.29, 1.82) is 0 Å². The first kappa shape index (κ1) is 12.3. The molecule has 19 heavy (non-hydrogen) atoms. The van der Waals surface area contributed by atoms with E-state index in [9.17, 15) is 0 Å². The zero-order chi connectivity index (χ0) is 13.4. The van der Waals surface area contributed by atoms with Crippen LogP contribution >= 0.6 is 0 Å². The van der Waals surface area contributed by atoms with Crippen molar-refractivity contribution in [2.24, 2.45) is 0 Å². The molecule has 0 saturated heterocycles. The summed E-state index contributed by atoms with van der Waals surface area (Å²) in [6, 6.07) is 6.63. The van der Waals surface area contributed by atoms with Crippen LogP contribution in [0.1, 0.15) is 27.9 Å². The van der Waals surface area contributed by atoms with E-state index >= 15 is 0 Å². The minimum Gasteiger partial charge on any atom is -0.493 e. The van der Waals surface area contributed by atoms with E-state index in [1.807, 2.05) is 0 Å². The van der Waals surface area contributed by atoms with Crippen LogP contribution in [-0.4, -0.2) is 11.2 Å². The maximum atomic E-state index is 5.55. The van der Waals surface area contributed by atoms with Gasteiger partial charge in [0.05, 0.1) is 6.61 Å². The van der Waals surface area contributed by atoms with E-state index in [1.54, 1.807) is 0 Å². The van der Waals surface area contributed by atoms with Crippen LogP contribution in [-0.2, 0) is 19.4 Å². The summed E-state index contributed by atoms with van der Waals surface area (Å²) in [5, 5.41) is 0. The highest BCUT2D eigenvalue weighted by atomic mass is 16.5. The van der Waals surface area contributed by atoms with Crippen molar-refractivity contribution in [3.63, 3.8) is 0 Å². The number of ether oxygens (including phenoxy) is 1. The predicted octanol–water partition coefficient (Wildman–Crippen LogP) is 3.59. The van der Waals surface area contributed by atoms with Crippen molar-refractivity contribution in [1.82, 2.24) is 4.57 Å². The third-order valence-electron chi connectivity index (χ3n) is 4.31. The summed E-state index contributed by atoms with van der Waals surface area (Å²) in [6.07, 6.45) is 4.41. The average molecular weight is 255 g/mol. The lowest BCUT2D eigenvalue weighted by molar-refractivity contribution is 0.357. The molecule has 2 aromatic rings. The maximum absolute atomic E-state index is 5.55. The number of fused-ring (bicyclic) bond motifs is 1. The van der Waals surface area contributed by atoms with Gasteiger partial charge in [-0.1, -0.05) is 12.1 Å². The standard InChI is InChI=1S/C17H21NO/c1-12-11-18(14(3)13(12)2)8-6-15-4-5-17-16(10-15)7-9-19-17/h4-5,10-11H,6-9H2,1-3H3. The second kappa shape index (κ2) is 4.76. The van der Waals surface area contributed by atoms with Crippen molar-refractivity contribution in [2.75, 3.05) is 6.61 Å². The molecule has 1 aromatic carbocycles. The van der Waals surface area contributed by atoms with E-state index < -0.39 is 0 Å². The third kappa shape index (κ3) is 2.27. The summed E-state index contributed by atoms with van der Waals surface area (Å²) >= 11 is 0. The van der Waals surface area contributed by atoms with Gasteiger partial charge in [-0.15, -0.1) is 0 Å². The maximum Gasteiger partial charge on any atom is 0.122 e. The highest BCUT2D eigenvalue weighted by molar-refractivity contribution is 5.40. The molecule has 0 bridgehead atoms. The van der Waals surface area contributed by atoms with Crippen LogP contribution in [0.2, 0.25) is 0 Å². The number of nitrogens with zero attached hydrogens (tertiary/aromatic N) is 1. The van der Waals surface area contributed by atoms with Gasteiger partial charge in [0.15, 0.2) is 0 Å². The van der Waals surface area contributed by atoms with Gasteiger partial charge in [0, 0.05) is 24.9 Å². The molecule has 100 valence electrons. The molecular formula is C17H21NO. The van der Waals surface area contributed by atoms with Crippen molar-refractivity contribution in [3.8, 4) is 5.75 Å². The smallest absolute Gasteiger partial charge is 0.122 e. The number of aromatic nitrogens is 1. The fraction of sp³-hybridized carbons (Fsp3) is 0.412. The van der Waals surface area contributed by atoms with Gasteiger partial charge in [0.25, 0.3) is 0 Å². The van der Waals surface area contributed by atoms with E-state index in [2.05, 4.69) is 49.7 Å². The first-order valence-electron chi connectivity index (χ1n) is 7.02. The van der Waals surface area contributed by atoms with Crippen LogP contribution < -0.4 is 4.74 Å². The van der Waals surface area contributed by atoms with Gasteiger partial charge in [0.1, 0.15) is 5.75 Å². The molecule has 0 unspecified atom stereocenters. The second-order valence-corrected chi connectivity index (χ2v) is 5.51. The molecule has 1 aromatic heterocycles. The Morgan fingerprint density at radius 2 is 2.05 bits per heavy atom. The molecule has 0 amide bonds. The monoisotopic (exact) mass is 255 g/mol. The van der Waals surface area contributed by atoms with Crippen LogP contribution in [0.25, 0.3) is 0 Å². The average Bonchev–Trinajstić information content (AvgIpc) is 2.96. The third-order valence-corrected chi connectivity index (χ3v) is 4.31. The Hall–Kier alpha value is -1.70. The van der Waals surface area contributed by atoms with Crippen LogP contribution in [0.3, 0.4) is 0 Å². The largest absolute Gasteiger partial charge is 0.493 e. The molecule has 2 nitrogen and oxygen atoms in total. The summed E-state index contributed by atoms with van der Waals surface area (Å²) in [6.45, 7) is 8.49. The Morgan fingerprint density at radius 3 is 2.79 bits per heavy atom. The first-order chi connectivity index (χ1) is 9.15. The van der Waals surface area contributed by atoms with Crippen LogP contribution in [0, 0.1) is 20.8 Å². The van der Waals surface area contributed by atoms with Gasteiger partial charge in [-0.25, -0.2) is 0 Å². The molecule has 0 atom stereocenters. The van der Waals surface area contributed by atoms with E-state index in [4.69, 9.17) is 4.74 Å². The molecular weight excluding hydrogens is 234 g/mol. The molecule has 0 spiro atoms. The van der Waals surface area contributed by atoms with Gasteiger partial charge in [-0.3, -0.25) is 0 Å². The lowest BCUT2D eigenvalue weighted by Gasteiger charge is -2.08. The lowest BCUT2D eigenvalue weighted by atomic mass is 10.1. The van der Waals surface area contributed by atoms with Crippen molar-refractivity contribution in [2.45, 2.75) is 40.2 Å². The van der Waals surface area contributed by atoms with Gasteiger partial charge < -0.3 is 9.30 Å². The summed E-state index contributed by atoms with van der Waals surface area (Å²) < 4.78 is 7.92. The number of hydrogen-bond acceptors (Lipinski definition) is 1. The molecule has 0 N–H and O–H groups in total. The summed E-state index contributed by atoms with van der Waals surface area (Å²) in [7, 11) is 0. The molecule has 0 radical (unpaired) electrons. The predicted molar refractivity (Wildman–Crippen MR) is 78.0 cm³/mol. The highest BCUT2D eigenvalue weighted by Crippen LogP contribution is 2.26. The Kier molecular flexibility index (Phi) is 3.09. The molecule has 1 aliphatic heterocycles. The van der Waals surface area contributed by atoms with Crippen LogP contribution in [0.4, 0.5) is 0 Å². The molecule has 0 saturated carbocycles. The second-order valence-electron chi connectivity index (χ2n) is 5.51. The van der Waals surface area contributed by atoms with Crippen molar-refractivity contribution < 1.29 is 4.74 Å². The number of aryl methyl sites for hydroxylation is 3. The Morgan fingerprint density at radius 1 is 1.21 bits per heavy atom. The summed E-state index contributed by atoms with van der Waals surface area (Å²) in [5.41, 5.74) is 6.98. The molecule has 2 heteroatoms. The number of benzene rings is 1. The molecule has 2 heterocycles. The van der Waals surface area contributed by atoms with Crippen LogP contribution in [0.5, 0.6) is 5.75 Å². The summed E-state index contributed by atoms with van der Waals surface area (Å²) in [5.74, 6) is 1.08. The fourth-order valence-electron chi connectivity index (χ4n) is 2.81. The number of hydrogen-bond donors (Lipinski definition) is 0. The normalized spacial score (nSPS) is 13.4. The van der Waals surface area contributed by atoms with Crippen molar-refractivity contribution in [3.05, 3.63) is 52.3 Å². The highest BCUT2D eigenvalue weighted by Gasteiger charge is 2.12. The van der Waals surface area contributed by atoms with Gasteiger partial charge in [-0.2, -0.15) is 0 Å². The fourth-order valence-corrected chi connectivity index (χ4v) is 2.81. The van der Waals surface area contributed by atoms with E-state index in [-0.39, 0.29) is 0 Å². The lowest BCUT2D eigenvalue weighted by Crippen LogP contribution is -2.02. The van der Waals surface area contributed by atoms with Crippen LogP contribution in [0.15, 0.2) is 24.4 Å². The van der Waals surface area contributed by atoms with E-state index in [1.165, 1.54) is 27.9 Å². The Bertz CT molecular complexity index is 610. The molecule has 0 fully saturated rings. The van der Waals surface area contributed by atoms with E-state index in [0.29, 0.717) is 0 Å². The minimum atomic E-state index is 0.841. The number of rotatable bonds is 3. The van der Waals surface area contributed by atoms with Gasteiger partial charge >= 0.3 is 0 Å². The molecule has 3 rings (SSSR count). The van der Waals surface area contributed by atoms with Crippen molar-refractivity contribution >= 4 is 0 Å².